The SMILES string of the molecule is Oc1ccc(I)cc1C=Nc1ccc2nc(SCc3ccc4c(c3)Cc3ccccc3-4)sc2c1. The predicted molar refractivity (Wildman–Crippen MR) is 152 cm³/mol. The Morgan fingerprint density at radius 2 is 1.85 bits per heavy atom. The maximum Gasteiger partial charge on any atom is 0.151 e. The lowest BCUT2D eigenvalue weighted by molar-refractivity contribution is 0.474. The minimum Gasteiger partial charge on any atom is -0.507 e. The Balaban J connectivity index is 1.17. The van der Waals surface area contributed by atoms with Gasteiger partial charge in [-0.3, -0.25) is 4.99 Å². The summed E-state index contributed by atoms with van der Waals surface area (Å²) in [6.07, 6.45) is 2.73. The largest absolute Gasteiger partial charge is 0.507 e. The Labute approximate surface area is 219 Å². The summed E-state index contributed by atoms with van der Waals surface area (Å²) >= 11 is 5.71. The van der Waals surface area contributed by atoms with Crippen LogP contribution in [0.3, 0.4) is 0 Å². The van der Waals surface area contributed by atoms with E-state index in [9.17, 15) is 5.11 Å². The van der Waals surface area contributed by atoms with Gasteiger partial charge in [0.05, 0.1) is 15.9 Å². The number of aromatic hydroxyl groups is 1. The second-order valence-electron chi connectivity index (χ2n) is 8.21. The maximum atomic E-state index is 10.0. The maximum absolute atomic E-state index is 10.0. The summed E-state index contributed by atoms with van der Waals surface area (Å²) in [5.74, 6) is 1.14. The van der Waals surface area contributed by atoms with Crippen LogP contribution in [-0.2, 0) is 12.2 Å². The molecule has 0 radical (unpaired) electrons. The van der Waals surface area contributed by atoms with Crippen LogP contribution in [0.1, 0.15) is 22.3 Å². The van der Waals surface area contributed by atoms with E-state index in [1.807, 2.05) is 24.3 Å². The van der Waals surface area contributed by atoms with E-state index in [1.165, 1.54) is 27.8 Å². The fourth-order valence-corrected chi connectivity index (χ4v) is 6.80. The molecule has 0 fully saturated rings. The predicted octanol–water partition coefficient (Wildman–Crippen LogP) is 8.22. The molecule has 6 rings (SSSR count). The zero-order valence-corrected chi connectivity index (χ0v) is 21.8. The molecule has 1 aromatic heterocycles. The molecule has 1 aliphatic rings. The minimum absolute atomic E-state index is 0.233. The second-order valence-corrected chi connectivity index (χ2v) is 11.7. The van der Waals surface area contributed by atoms with Crippen LogP contribution in [0.2, 0.25) is 0 Å². The van der Waals surface area contributed by atoms with Crippen molar-refractivity contribution in [3.63, 3.8) is 0 Å². The first-order valence-electron chi connectivity index (χ1n) is 10.9. The third-order valence-electron chi connectivity index (χ3n) is 5.92. The number of halogens is 1. The van der Waals surface area contributed by atoms with Crippen molar-refractivity contribution in [2.24, 2.45) is 4.99 Å². The second kappa shape index (κ2) is 9.17. The first-order valence-corrected chi connectivity index (χ1v) is 13.8. The number of nitrogens with zero attached hydrogens (tertiary/aromatic N) is 2. The summed E-state index contributed by atoms with van der Waals surface area (Å²) in [6.45, 7) is 0. The van der Waals surface area contributed by atoms with Crippen molar-refractivity contribution in [2.45, 2.75) is 16.5 Å². The number of phenolic OH excluding ortho intramolecular Hbond substituents is 1. The lowest BCUT2D eigenvalue weighted by Crippen LogP contribution is -1.85. The smallest absolute Gasteiger partial charge is 0.151 e. The Hall–Kier alpha value is -2.68. The number of fused-ring (bicyclic) bond motifs is 4. The molecule has 34 heavy (non-hydrogen) atoms. The molecule has 3 nitrogen and oxygen atoms in total. The van der Waals surface area contributed by atoms with Gasteiger partial charge in [0.15, 0.2) is 4.34 Å². The van der Waals surface area contributed by atoms with E-state index < -0.39 is 0 Å². The molecule has 6 heteroatoms. The summed E-state index contributed by atoms with van der Waals surface area (Å²) in [5, 5.41) is 10.0. The van der Waals surface area contributed by atoms with Crippen molar-refractivity contribution in [2.75, 3.05) is 0 Å². The molecule has 0 spiro atoms. The van der Waals surface area contributed by atoms with Gasteiger partial charge >= 0.3 is 0 Å². The van der Waals surface area contributed by atoms with Gasteiger partial charge in [-0.25, -0.2) is 4.98 Å². The molecule has 0 bridgehead atoms. The van der Waals surface area contributed by atoms with Crippen molar-refractivity contribution < 1.29 is 5.11 Å². The van der Waals surface area contributed by atoms with Gasteiger partial charge in [-0.05, 0) is 93.2 Å². The highest BCUT2D eigenvalue weighted by molar-refractivity contribution is 14.1. The summed E-state index contributed by atoms with van der Waals surface area (Å²) < 4.78 is 3.24. The van der Waals surface area contributed by atoms with Gasteiger partial charge in [0.2, 0.25) is 0 Å². The van der Waals surface area contributed by atoms with Gasteiger partial charge in [-0.15, -0.1) is 11.3 Å². The molecule has 1 N–H and O–H groups in total. The molecule has 5 aromatic rings. The molecule has 0 unspecified atom stereocenters. The third-order valence-corrected chi connectivity index (χ3v) is 8.82. The standard InChI is InChI=1S/C28H19IN2OS2/c29-21-6-10-26(32)20(13-21)15-30-22-7-9-25-27(14-22)34-28(31-25)33-16-17-5-8-24-19(11-17)12-18-3-1-2-4-23(18)24/h1-11,13-15,32H,12,16H2. The first kappa shape index (κ1) is 21.8. The van der Waals surface area contributed by atoms with Crippen LogP contribution in [0.5, 0.6) is 5.75 Å². The number of benzene rings is 4. The number of aliphatic imine (C=N–C) groups is 1. The number of hydrogen-bond donors (Lipinski definition) is 1. The average molecular weight is 591 g/mol. The van der Waals surface area contributed by atoms with Crippen LogP contribution in [-0.4, -0.2) is 16.3 Å². The van der Waals surface area contributed by atoms with Crippen molar-refractivity contribution in [1.29, 1.82) is 0 Å². The summed E-state index contributed by atoms with van der Waals surface area (Å²) in [5.41, 5.74) is 9.48. The highest BCUT2D eigenvalue weighted by Crippen LogP contribution is 2.38. The number of hydrogen-bond acceptors (Lipinski definition) is 5. The van der Waals surface area contributed by atoms with Crippen molar-refractivity contribution >= 4 is 67.8 Å². The fraction of sp³-hybridized carbons (Fsp3) is 0.0714. The van der Waals surface area contributed by atoms with Crippen molar-refractivity contribution in [3.05, 3.63) is 105 Å². The Kier molecular flexibility index (Phi) is 5.89. The molecule has 0 atom stereocenters. The van der Waals surface area contributed by atoms with Gasteiger partial charge in [-0.2, -0.15) is 0 Å². The number of rotatable bonds is 5. The van der Waals surface area contributed by atoms with Crippen LogP contribution in [0.25, 0.3) is 21.3 Å². The van der Waals surface area contributed by atoms with E-state index in [0.717, 1.165) is 36.0 Å². The topological polar surface area (TPSA) is 45.5 Å². The lowest BCUT2D eigenvalue weighted by atomic mass is 10.0. The molecular weight excluding hydrogens is 571 g/mol. The fourth-order valence-electron chi connectivity index (χ4n) is 4.24. The van der Waals surface area contributed by atoms with Crippen LogP contribution >= 0.6 is 45.7 Å². The van der Waals surface area contributed by atoms with E-state index in [2.05, 4.69) is 76.1 Å². The molecule has 1 heterocycles. The van der Waals surface area contributed by atoms with Gasteiger partial charge in [0, 0.05) is 21.1 Å². The Bertz CT molecular complexity index is 1570. The normalized spacial score (nSPS) is 12.4. The zero-order chi connectivity index (χ0) is 23.1. The van der Waals surface area contributed by atoms with Gasteiger partial charge in [-0.1, -0.05) is 54.2 Å². The lowest BCUT2D eigenvalue weighted by Gasteiger charge is -2.04. The number of aromatic nitrogens is 1. The quantitative estimate of drug-likeness (QED) is 0.125. The summed E-state index contributed by atoms with van der Waals surface area (Å²) in [6, 6.07) is 27.1. The Morgan fingerprint density at radius 1 is 0.971 bits per heavy atom. The first-order chi connectivity index (χ1) is 16.6. The minimum atomic E-state index is 0.233. The van der Waals surface area contributed by atoms with Crippen LogP contribution in [0.15, 0.2) is 88.2 Å². The van der Waals surface area contributed by atoms with Gasteiger partial charge in [0.25, 0.3) is 0 Å². The summed E-state index contributed by atoms with van der Waals surface area (Å²) in [4.78, 5) is 9.37. The summed E-state index contributed by atoms with van der Waals surface area (Å²) in [7, 11) is 0. The zero-order valence-electron chi connectivity index (χ0n) is 18.0. The monoisotopic (exact) mass is 590 g/mol. The van der Waals surface area contributed by atoms with Crippen molar-refractivity contribution in [1.82, 2.24) is 4.98 Å². The molecule has 166 valence electrons. The number of phenols is 1. The number of thiazole rings is 1. The van der Waals surface area contributed by atoms with Crippen LogP contribution < -0.4 is 0 Å². The molecule has 0 amide bonds. The van der Waals surface area contributed by atoms with Gasteiger partial charge in [0.1, 0.15) is 5.75 Å². The van der Waals surface area contributed by atoms with E-state index >= 15 is 0 Å². The average Bonchev–Trinajstić information content (AvgIpc) is 3.43. The van der Waals surface area contributed by atoms with Gasteiger partial charge < -0.3 is 5.11 Å². The molecule has 0 saturated heterocycles. The van der Waals surface area contributed by atoms with Crippen LogP contribution in [0.4, 0.5) is 5.69 Å². The molecule has 0 aliphatic heterocycles. The molecular formula is C28H19IN2OS2. The molecule has 0 saturated carbocycles. The van der Waals surface area contributed by atoms with Crippen LogP contribution in [0, 0.1) is 3.57 Å². The Morgan fingerprint density at radius 3 is 2.79 bits per heavy atom. The van der Waals surface area contributed by atoms with E-state index in [0.29, 0.717) is 5.56 Å². The number of thioether (sulfide) groups is 1. The highest BCUT2D eigenvalue weighted by atomic mass is 127. The van der Waals surface area contributed by atoms with Crippen molar-refractivity contribution in [3.8, 4) is 16.9 Å². The van der Waals surface area contributed by atoms with E-state index in [4.69, 9.17) is 4.98 Å². The molecule has 1 aliphatic carbocycles. The highest BCUT2D eigenvalue weighted by Gasteiger charge is 2.18. The van der Waals surface area contributed by atoms with E-state index in [-0.39, 0.29) is 5.75 Å². The third kappa shape index (κ3) is 4.37. The van der Waals surface area contributed by atoms with E-state index in [1.54, 1.807) is 35.4 Å². The molecule has 4 aromatic carbocycles.